The van der Waals surface area contributed by atoms with E-state index in [1.165, 1.54) is 6.07 Å². The highest BCUT2D eigenvalue weighted by molar-refractivity contribution is 5.83. The number of primary amides is 1. The van der Waals surface area contributed by atoms with Crippen LogP contribution in [0, 0.1) is 23.0 Å². The number of hydrogen-bond donors (Lipinski definition) is 2. The van der Waals surface area contributed by atoms with Gasteiger partial charge in [0.15, 0.2) is 0 Å². The SMILES string of the molecule is Cc1ccc(NC(C(N)=O)C(C)C)cc1[N+](=O)[O-]. The first-order valence-electron chi connectivity index (χ1n) is 5.63. The smallest absolute Gasteiger partial charge is 0.274 e. The summed E-state index contributed by atoms with van der Waals surface area (Å²) in [4.78, 5) is 21.6. The summed E-state index contributed by atoms with van der Waals surface area (Å²) < 4.78 is 0. The van der Waals surface area contributed by atoms with Crippen molar-refractivity contribution in [1.29, 1.82) is 0 Å². The van der Waals surface area contributed by atoms with Crippen LogP contribution in [-0.4, -0.2) is 16.9 Å². The number of nitrogens with one attached hydrogen (secondary N) is 1. The first-order chi connectivity index (χ1) is 8.32. The van der Waals surface area contributed by atoms with Crippen LogP contribution < -0.4 is 11.1 Å². The lowest BCUT2D eigenvalue weighted by atomic mass is 10.0. The Balaban J connectivity index is 3.01. The number of carbonyl (C=O) groups is 1. The van der Waals surface area contributed by atoms with Crippen molar-refractivity contribution in [3.05, 3.63) is 33.9 Å². The molecule has 0 fully saturated rings. The highest BCUT2D eigenvalue weighted by Crippen LogP contribution is 2.23. The molecule has 0 saturated carbocycles. The van der Waals surface area contributed by atoms with Crippen LogP contribution in [0.1, 0.15) is 19.4 Å². The van der Waals surface area contributed by atoms with Crippen molar-refractivity contribution < 1.29 is 9.72 Å². The molecule has 3 N–H and O–H groups in total. The molecule has 0 heterocycles. The Morgan fingerprint density at radius 2 is 2.06 bits per heavy atom. The van der Waals surface area contributed by atoms with Crippen LogP contribution in [0.5, 0.6) is 0 Å². The molecule has 1 aromatic carbocycles. The summed E-state index contributed by atoms with van der Waals surface area (Å²) in [6, 6.07) is 4.19. The maximum atomic E-state index is 11.3. The molecule has 6 heteroatoms. The van der Waals surface area contributed by atoms with Crippen molar-refractivity contribution in [2.45, 2.75) is 26.8 Å². The zero-order chi connectivity index (χ0) is 13.9. The number of nitro benzene ring substituents is 1. The molecule has 0 aromatic heterocycles. The van der Waals surface area contributed by atoms with Gasteiger partial charge < -0.3 is 11.1 Å². The second-order valence-corrected chi connectivity index (χ2v) is 4.53. The van der Waals surface area contributed by atoms with Crippen molar-refractivity contribution >= 4 is 17.3 Å². The number of carbonyl (C=O) groups excluding carboxylic acids is 1. The van der Waals surface area contributed by atoms with E-state index < -0.39 is 16.9 Å². The van der Waals surface area contributed by atoms with Gasteiger partial charge in [0.25, 0.3) is 5.69 Å². The van der Waals surface area contributed by atoms with Crippen molar-refractivity contribution in [2.75, 3.05) is 5.32 Å². The fourth-order valence-electron chi connectivity index (χ4n) is 1.64. The molecule has 0 aliphatic rings. The van der Waals surface area contributed by atoms with Gasteiger partial charge in [-0.25, -0.2) is 0 Å². The maximum Gasteiger partial charge on any atom is 0.274 e. The Kier molecular flexibility index (Phi) is 4.25. The van der Waals surface area contributed by atoms with Crippen molar-refractivity contribution in [1.82, 2.24) is 0 Å². The Labute approximate surface area is 105 Å². The zero-order valence-corrected chi connectivity index (χ0v) is 10.6. The minimum atomic E-state index is -0.549. The number of hydrogen-bond acceptors (Lipinski definition) is 4. The molecule has 0 radical (unpaired) electrons. The molecule has 98 valence electrons. The Morgan fingerprint density at radius 3 is 2.50 bits per heavy atom. The minimum Gasteiger partial charge on any atom is -0.373 e. The van der Waals surface area contributed by atoms with E-state index in [4.69, 9.17) is 5.73 Å². The average molecular weight is 251 g/mol. The highest BCUT2D eigenvalue weighted by Gasteiger charge is 2.20. The average Bonchev–Trinajstić information content (AvgIpc) is 2.26. The van der Waals surface area contributed by atoms with E-state index in [0.29, 0.717) is 11.3 Å². The number of anilines is 1. The summed E-state index contributed by atoms with van der Waals surface area (Å²) in [6.07, 6.45) is 0. The van der Waals surface area contributed by atoms with Crippen molar-refractivity contribution in [3.63, 3.8) is 0 Å². The van der Waals surface area contributed by atoms with Gasteiger partial charge in [-0.15, -0.1) is 0 Å². The summed E-state index contributed by atoms with van der Waals surface area (Å²) in [6.45, 7) is 5.37. The summed E-state index contributed by atoms with van der Waals surface area (Å²) in [5.41, 5.74) is 6.39. The molecule has 0 spiro atoms. The monoisotopic (exact) mass is 251 g/mol. The van der Waals surface area contributed by atoms with Crippen LogP contribution in [-0.2, 0) is 4.79 Å². The number of nitrogens with two attached hydrogens (primary N) is 1. The van der Waals surface area contributed by atoms with Gasteiger partial charge in [0.1, 0.15) is 6.04 Å². The fourth-order valence-corrected chi connectivity index (χ4v) is 1.64. The number of nitro groups is 1. The second kappa shape index (κ2) is 5.48. The predicted octanol–water partition coefficient (Wildman–Crippen LogP) is 1.83. The predicted molar refractivity (Wildman–Crippen MR) is 69.3 cm³/mol. The number of benzene rings is 1. The van der Waals surface area contributed by atoms with Gasteiger partial charge in [-0.05, 0) is 18.9 Å². The number of aryl methyl sites for hydroxylation is 1. The van der Waals surface area contributed by atoms with Gasteiger partial charge >= 0.3 is 0 Å². The summed E-state index contributed by atoms with van der Waals surface area (Å²) in [5.74, 6) is -0.476. The van der Waals surface area contributed by atoms with Gasteiger partial charge in [0.2, 0.25) is 5.91 Å². The number of amides is 1. The largest absolute Gasteiger partial charge is 0.373 e. The molecule has 0 saturated heterocycles. The van der Waals surface area contributed by atoms with Gasteiger partial charge in [-0.1, -0.05) is 19.9 Å². The normalized spacial score (nSPS) is 12.2. The van der Waals surface area contributed by atoms with E-state index >= 15 is 0 Å². The molecule has 1 unspecified atom stereocenters. The molecule has 1 rings (SSSR count). The van der Waals surface area contributed by atoms with Gasteiger partial charge in [0, 0.05) is 17.3 Å². The summed E-state index contributed by atoms with van der Waals surface area (Å²) in [7, 11) is 0. The molecule has 18 heavy (non-hydrogen) atoms. The van der Waals surface area contributed by atoms with Crippen LogP contribution in [0.25, 0.3) is 0 Å². The molecule has 6 nitrogen and oxygen atoms in total. The lowest BCUT2D eigenvalue weighted by molar-refractivity contribution is -0.385. The van der Waals surface area contributed by atoms with Gasteiger partial charge in [-0.3, -0.25) is 14.9 Å². The van der Waals surface area contributed by atoms with Crippen LogP contribution in [0.3, 0.4) is 0 Å². The first-order valence-corrected chi connectivity index (χ1v) is 5.63. The fraction of sp³-hybridized carbons (Fsp3) is 0.417. The molecule has 0 aliphatic carbocycles. The van der Waals surface area contributed by atoms with E-state index in [0.717, 1.165) is 0 Å². The minimum absolute atomic E-state index is 0.00265. The van der Waals surface area contributed by atoms with Crippen molar-refractivity contribution in [2.24, 2.45) is 11.7 Å². The topological polar surface area (TPSA) is 98.3 Å². The van der Waals surface area contributed by atoms with E-state index in [-0.39, 0.29) is 11.6 Å². The second-order valence-electron chi connectivity index (χ2n) is 4.53. The van der Waals surface area contributed by atoms with Crippen LogP contribution in [0.2, 0.25) is 0 Å². The van der Waals surface area contributed by atoms with Gasteiger partial charge in [0.05, 0.1) is 4.92 Å². The number of nitrogens with zero attached hydrogens (tertiary/aromatic N) is 1. The molecule has 1 aromatic rings. The Morgan fingerprint density at radius 1 is 1.44 bits per heavy atom. The lowest BCUT2D eigenvalue weighted by Crippen LogP contribution is -2.39. The molecule has 1 amide bonds. The quantitative estimate of drug-likeness (QED) is 0.616. The third kappa shape index (κ3) is 3.19. The van der Waals surface area contributed by atoms with Crippen LogP contribution in [0.15, 0.2) is 18.2 Å². The van der Waals surface area contributed by atoms with Crippen LogP contribution in [0.4, 0.5) is 11.4 Å². The van der Waals surface area contributed by atoms with Crippen molar-refractivity contribution in [3.8, 4) is 0 Å². The zero-order valence-electron chi connectivity index (χ0n) is 10.6. The van der Waals surface area contributed by atoms with Gasteiger partial charge in [-0.2, -0.15) is 0 Å². The molecule has 0 aliphatic heterocycles. The molecule has 0 bridgehead atoms. The Bertz CT molecular complexity index is 472. The highest BCUT2D eigenvalue weighted by atomic mass is 16.6. The lowest BCUT2D eigenvalue weighted by Gasteiger charge is -2.20. The molecular formula is C12H17N3O3. The third-order valence-electron chi connectivity index (χ3n) is 2.70. The maximum absolute atomic E-state index is 11.3. The van der Waals surface area contributed by atoms with E-state index in [1.54, 1.807) is 19.1 Å². The summed E-state index contributed by atoms with van der Waals surface area (Å²) >= 11 is 0. The first kappa shape index (κ1) is 14.0. The third-order valence-corrected chi connectivity index (χ3v) is 2.70. The van der Waals surface area contributed by atoms with E-state index in [2.05, 4.69) is 5.32 Å². The summed E-state index contributed by atoms with van der Waals surface area (Å²) in [5, 5.41) is 13.7. The molecule has 1 atom stereocenters. The standard InChI is InChI=1S/C12H17N3O3/c1-7(2)11(12(13)16)14-9-5-4-8(3)10(6-9)15(17)18/h4-7,11,14H,1-3H3,(H2,13,16). The molecular weight excluding hydrogens is 234 g/mol. The van der Waals surface area contributed by atoms with Crippen LogP contribution >= 0.6 is 0 Å². The van der Waals surface area contributed by atoms with E-state index in [1.807, 2.05) is 13.8 Å². The Hall–Kier alpha value is -2.11. The number of rotatable bonds is 5. The van der Waals surface area contributed by atoms with E-state index in [9.17, 15) is 14.9 Å².